The molecule has 0 radical (unpaired) electrons. The number of likely N-dealkylation sites (tertiary alicyclic amines) is 1. The fourth-order valence-electron chi connectivity index (χ4n) is 3.15. The average molecular weight is 398 g/mol. The highest BCUT2D eigenvalue weighted by Crippen LogP contribution is 2.34. The van der Waals surface area contributed by atoms with Gasteiger partial charge in [-0.2, -0.15) is 0 Å². The molecule has 3 aromatic rings. The van der Waals surface area contributed by atoms with Gasteiger partial charge in [0.15, 0.2) is 5.16 Å². The van der Waals surface area contributed by atoms with Gasteiger partial charge in [-0.3, -0.25) is 14.2 Å². The number of amides is 1. The monoisotopic (exact) mass is 397 g/mol. The molecule has 1 atom stereocenters. The first-order valence-electron chi connectivity index (χ1n) is 8.71. The van der Waals surface area contributed by atoms with Crippen LogP contribution in [0.1, 0.15) is 6.42 Å². The summed E-state index contributed by atoms with van der Waals surface area (Å²) in [6.07, 6.45) is 2.45. The highest BCUT2D eigenvalue weighted by Gasteiger charge is 2.31. The van der Waals surface area contributed by atoms with Crippen LogP contribution in [0.4, 0.5) is 0 Å². The van der Waals surface area contributed by atoms with Gasteiger partial charge in [0.2, 0.25) is 5.91 Å². The van der Waals surface area contributed by atoms with Crippen LogP contribution in [0.15, 0.2) is 59.0 Å². The first-order chi connectivity index (χ1) is 13.1. The third kappa shape index (κ3) is 3.33. The zero-order chi connectivity index (χ0) is 19.0. The number of allylic oxidation sites excluding steroid dienone is 1. The Kier molecular flexibility index (Phi) is 4.88. The third-order valence-corrected chi connectivity index (χ3v) is 6.93. The molecular weight excluding hydrogens is 378 g/mol. The lowest BCUT2D eigenvalue weighted by Gasteiger charge is -2.13. The number of carbonyl (C=O) groups excluding carboxylic acids is 1. The number of nitrogens with zero attached hydrogens (tertiary/aromatic N) is 3. The summed E-state index contributed by atoms with van der Waals surface area (Å²) in [4.78, 5) is 33.6. The summed E-state index contributed by atoms with van der Waals surface area (Å²) in [5, 5.41) is 1.01. The van der Waals surface area contributed by atoms with Gasteiger partial charge in [-0.25, -0.2) is 4.98 Å². The molecule has 0 aliphatic carbocycles. The molecule has 138 valence electrons. The molecule has 0 bridgehead atoms. The van der Waals surface area contributed by atoms with E-state index in [0.29, 0.717) is 21.9 Å². The van der Waals surface area contributed by atoms with E-state index in [2.05, 4.69) is 6.58 Å². The number of thiophene rings is 1. The van der Waals surface area contributed by atoms with Crippen molar-refractivity contribution in [2.45, 2.75) is 23.4 Å². The fourth-order valence-corrected chi connectivity index (χ4v) is 5.42. The van der Waals surface area contributed by atoms with E-state index >= 15 is 0 Å². The summed E-state index contributed by atoms with van der Waals surface area (Å²) in [7, 11) is 1.81. The summed E-state index contributed by atoms with van der Waals surface area (Å²) in [6.45, 7) is 4.87. The molecule has 4 rings (SSSR count). The van der Waals surface area contributed by atoms with Crippen LogP contribution in [0.25, 0.3) is 20.7 Å². The van der Waals surface area contributed by atoms with Gasteiger partial charge in [-0.1, -0.05) is 48.2 Å². The molecular formula is C20H19N3O2S2. The standard InChI is InChI=1S/C20H19N3O2S2/c1-3-10-23-18(24)14-12-16(13-7-5-4-6-8-13)26-17(14)21-20(23)27-15-9-11-22(2)19(15)25/h3-8,12,15H,1,9-11H2,2H3. The Balaban J connectivity index is 1.80. The number of aromatic nitrogens is 2. The van der Waals surface area contributed by atoms with Crippen LogP contribution in [0, 0.1) is 0 Å². The molecule has 1 saturated heterocycles. The molecule has 1 amide bonds. The van der Waals surface area contributed by atoms with Crippen molar-refractivity contribution >= 4 is 39.2 Å². The molecule has 7 heteroatoms. The van der Waals surface area contributed by atoms with Crippen molar-refractivity contribution in [2.75, 3.05) is 13.6 Å². The molecule has 0 N–H and O–H groups in total. The first kappa shape index (κ1) is 18.0. The summed E-state index contributed by atoms with van der Waals surface area (Å²) in [5.41, 5.74) is 0.983. The van der Waals surface area contributed by atoms with Crippen LogP contribution in [0.3, 0.4) is 0 Å². The SMILES string of the molecule is C=CCn1c(SC2CCN(C)C2=O)nc2sc(-c3ccccc3)cc2c1=O. The summed E-state index contributed by atoms with van der Waals surface area (Å²) >= 11 is 2.89. The van der Waals surface area contributed by atoms with Crippen molar-refractivity contribution in [2.24, 2.45) is 0 Å². The molecule has 2 aromatic heterocycles. The Morgan fingerprint density at radius 1 is 1.33 bits per heavy atom. The molecule has 3 heterocycles. The van der Waals surface area contributed by atoms with Crippen LogP contribution in [0.2, 0.25) is 0 Å². The number of thioether (sulfide) groups is 1. The Morgan fingerprint density at radius 3 is 2.78 bits per heavy atom. The van der Waals surface area contributed by atoms with Gasteiger partial charge in [0.25, 0.3) is 5.56 Å². The van der Waals surface area contributed by atoms with E-state index in [9.17, 15) is 9.59 Å². The van der Waals surface area contributed by atoms with Crippen molar-refractivity contribution in [3.05, 3.63) is 59.4 Å². The zero-order valence-corrected chi connectivity index (χ0v) is 16.6. The second kappa shape index (κ2) is 7.32. The van der Waals surface area contributed by atoms with Crippen LogP contribution in [0.5, 0.6) is 0 Å². The molecule has 1 aliphatic heterocycles. The molecule has 27 heavy (non-hydrogen) atoms. The van der Waals surface area contributed by atoms with E-state index in [1.807, 2.05) is 43.4 Å². The van der Waals surface area contributed by atoms with E-state index in [-0.39, 0.29) is 16.7 Å². The molecule has 5 nitrogen and oxygen atoms in total. The van der Waals surface area contributed by atoms with Gasteiger partial charge < -0.3 is 4.90 Å². The molecule has 1 fully saturated rings. The lowest BCUT2D eigenvalue weighted by atomic mass is 10.2. The van der Waals surface area contributed by atoms with E-state index in [0.717, 1.165) is 23.4 Å². The maximum atomic E-state index is 13.1. The fraction of sp³-hybridized carbons (Fsp3) is 0.250. The number of benzene rings is 1. The number of rotatable bonds is 5. The number of carbonyl (C=O) groups is 1. The lowest BCUT2D eigenvalue weighted by Crippen LogP contribution is -2.26. The van der Waals surface area contributed by atoms with Crippen LogP contribution < -0.4 is 5.56 Å². The molecule has 0 spiro atoms. The van der Waals surface area contributed by atoms with Crippen molar-refractivity contribution in [1.29, 1.82) is 0 Å². The van der Waals surface area contributed by atoms with E-state index < -0.39 is 0 Å². The second-order valence-corrected chi connectivity index (χ2v) is 8.65. The van der Waals surface area contributed by atoms with Gasteiger partial charge in [-0.05, 0) is 18.1 Å². The van der Waals surface area contributed by atoms with Gasteiger partial charge >= 0.3 is 0 Å². The largest absolute Gasteiger partial charge is 0.345 e. The highest BCUT2D eigenvalue weighted by molar-refractivity contribution is 8.00. The quantitative estimate of drug-likeness (QED) is 0.487. The summed E-state index contributed by atoms with van der Waals surface area (Å²) in [6, 6.07) is 11.9. The van der Waals surface area contributed by atoms with E-state index in [4.69, 9.17) is 4.98 Å². The summed E-state index contributed by atoms with van der Waals surface area (Å²) in [5.74, 6) is 0.0932. The van der Waals surface area contributed by atoms with Gasteiger partial charge in [0.1, 0.15) is 4.83 Å². The van der Waals surface area contributed by atoms with E-state index in [1.165, 1.54) is 23.1 Å². The number of hydrogen-bond acceptors (Lipinski definition) is 5. The normalized spacial score (nSPS) is 17.0. The predicted octanol–water partition coefficient (Wildman–Crippen LogP) is 3.63. The smallest absolute Gasteiger partial charge is 0.263 e. The Bertz CT molecular complexity index is 1070. The third-order valence-electron chi connectivity index (χ3n) is 4.61. The van der Waals surface area contributed by atoms with Crippen LogP contribution in [-0.4, -0.2) is 39.2 Å². The molecule has 1 aromatic carbocycles. The van der Waals surface area contributed by atoms with Gasteiger partial charge in [0.05, 0.1) is 10.6 Å². The van der Waals surface area contributed by atoms with E-state index in [1.54, 1.807) is 15.5 Å². The summed E-state index contributed by atoms with van der Waals surface area (Å²) < 4.78 is 1.62. The Labute approximate surface area is 165 Å². The topological polar surface area (TPSA) is 55.2 Å². The number of hydrogen-bond donors (Lipinski definition) is 0. The molecule has 1 unspecified atom stereocenters. The highest BCUT2D eigenvalue weighted by atomic mass is 32.2. The first-order valence-corrected chi connectivity index (χ1v) is 10.4. The minimum absolute atomic E-state index is 0.0837. The van der Waals surface area contributed by atoms with Crippen LogP contribution in [-0.2, 0) is 11.3 Å². The minimum Gasteiger partial charge on any atom is -0.345 e. The van der Waals surface area contributed by atoms with Crippen LogP contribution >= 0.6 is 23.1 Å². The molecule has 1 aliphatic rings. The van der Waals surface area contributed by atoms with Crippen molar-refractivity contribution < 1.29 is 4.79 Å². The predicted molar refractivity (Wildman–Crippen MR) is 111 cm³/mol. The molecule has 0 saturated carbocycles. The maximum absolute atomic E-state index is 13.1. The minimum atomic E-state index is -0.191. The Hall–Kier alpha value is -2.38. The number of fused-ring (bicyclic) bond motifs is 1. The second-order valence-electron chi connectivity index (χ2n) is 6.45. The Morgan fingerprint density at radius 2 is 2.11 bits per heavy atom. The lowest BCUT2D eigenvalue weighted by molar-refractivity contribution is -0.126. The van der Waals surface area contributed by atoms with Crippen molar-refractivity contribution in [1.82, 2.24) is 14.5 Å². The average Bonchev–Trinajstić information content (AvgIpc) is 3.24. The maximum Gasteiger partial charge on any atom is 0.263 e. The van der Waals surface area contributed by atoms with Crippen molar-refractivity contribution in [3.63, 3.8) is 0 Å². The van der Waals surface area contributed by atoms with Crippen molar-refractivity contribution in [3.8, 4) is 10.4 Å². The zero-order valence-electron chi connectivity index (χ0n) is 14.9. The van der Waals surface area contributed by atoms with Gasteiger partial charge in [0, 0.05) is 25.0 Å². The van der Waals surface area contributed by atoms with Gasteiger partial charge in [-0.15, -0.1) is 17.9 Å².